The zero-order valence-corrected chi connectivity index (χ0v) is 18.5. The van der Waals surface area contributed by atoms with Crippen LogP contribution in [0.2, 0.25) is 0 Å². The van der Waals surface area contributed by atoms with Crippen molar-refractivity contribution in [1.29, 1.82) is 0 Å². The highest BCUT2D eigenvalue weighted by molar-refractivity contribution is 6.48. The molecule has 0 aromatic heterocycles. The number of nitrogens with zero attached hydrogens (tertiary/aromatic N) is 1. The van der Waals surface area contributed by atoms with Crippen molar-refractivity contribution in [3.63, 3.8) is 0 Å². The maximum atomic E-state index is 12.8. The number of carbonyl (C=O) groups excluding carboxylic acids is 3. The SMILES string of the molecule is O=C(NC1CCCCC1)c1ccc(NC2=C(Cl)C(=O)N(CCc3ccccc3)C2=O)cc1. The molecule has 1 fully saturated rings. The zero-order valence-electron chi connectivity index (χ0n) is 17.8. The van der Waals surface area contributed by atoms with E-state index in [1.54, 1.807) is 24.3 Å². The number of benzene rings is 2. The van der Waals surface area contributed by atoms with Crippen LogP contribution in [-0.4, -0.2) is 35.2 Å². The third-order valence-corrected chi connectivity index (χ3v) is 6.29. The van der Waals surface area contributed by atoms with Crippen LogP contribution in [-0.2, 0) is 16.0 Å². The summed E-state index contributed by atoms with van der Waals surface area (Å²) in [7, 11) is 0. The van der Waals surface area contributed by atoms with Crippen molar-refractivity contribution in [3.05, 3.63) is 76.5 Å². The molecule has 1 heterocycles. The van der Waals surface area contributed by atoms with E-state index in [-0.39, 0.29) is 29.2 Å². The van der Waals surface area contributed by atoms with Crippen LogP contribution in [0.3, 0.4) is 0 Å². The number of rotatable bonds is 7. The molecule has 6 nitrogen and oxygen atoms in total. The third kappa shape index (κ3) is 5.02. The van der Waals surface area contributed by atoms with Gasteiger partial charge in [-0.15, -0.1) is 0 Å². The van der Waals surface area contributed by atoms with E-state index in [9.17, 15) is 14.4 Å². The normalized spacial score (nSPS) is 17.1. The van der Waals surface area contributed by atoms with Gasteiger partial charge in [0.05, 0.1) is 0 Å². The number of hydrogen-bond donors (Lipinski definition) is 2. The van der Waals surface area contributed by atoms with Gasteiger partial charge in [-0.25, -0.2) is 0 Å². The Bertz CT molecular complexity index is 1030. The van der Waals surface area contributed by atoms with Gasteiger partial charge in [-0.2, -0.15) is 0 Å². The molecule has 32 heavy (non-hydrogen) atoms. The van der Waals surface area contributed by atoms with Gasteiger partial charge in [0, 0.05) is 23.8 Å². The molecule has 1 aliphatic carbocycles. The largest absolute Gasteiger partial charge is 0.350 e. The first-order valence-corrected chi connectivity index (χ1v) is 11.4. The number of anilines is 1. The first kappa shape index (κ1) is 22.1. The smallest absolute Gasteiger partial charge is 0.278 e. The molecule has 0 bridgehead atoms. The van der Waals surface area contributed by atoms with Crippen LogP contribution in [0.25, 0.3) is 0 Å². The van der Waals surface area contributed by atoms with Crippen molar-refractivity contribution in [2.24, 2.45) is 0 Å². The minimum atomic E-state index is -0.501. The molecule has 3 amide bonds. The summed E-state index contributed by atoms with van der Waals surface area (Å²) in [5.74, 6) is -1.05. The summed E-state index contributed by atoms with van der Waals surface area (Å²) < 4.78 is 0. The number of imide groups is 1. The van der Waals surface area contributed by atoms with Crippen LogP contribution in [0.1, 0.15) is 48.0 Å². The van der Waals surface area contributed by atoms with Crippen LogP contribution in [0.15, 0.2) is 65.3 Å². The number of hydrogen-bond acceptors (Lipinski definition) is 4. The fourth-order valence-corrected chi connectivity index (χ4v) is 4.34. The van der Waals surface area contributed by atoms with Gasteiger partial charge < -0.3 is 10.6 Å². The Morgan fingerprint density at radius 1 is 0.938 bits per heavy atom. The Morgan fingerprint density at radius 3 is 2.31 bits per heavy atom. The summed E-state index contributed by atoms with van der Waals surface area (Å²) in [6, 6.07) is 16.7. The number of carbonyl (C=O) groups is 3. The zero-order chi connectivity index (χ0) is 22.5. The maximum Gasteiger partial charge on any atom is 0.278 e. The van der Waals surface area contributed by atoms with Gasteiger partial charge in [-0.05, 0) is 49.1 Å². The van der Waals surface area contributed by atoms with E-state index in [4.69, 9.17) is 11.6 Å². The minimum absolute atomic E-state index is 0.0594. The summed E-state index contributed by atoms with van der Waals surface area (Å²) in [5, 5.41) is 5.91. The van der Waals surface area contributed by atoms with Crippen molar-refractivity contribution < 1.29 is 14.4 Å². The Labute approximate surface area is 192 Å². The highest BCUT2D eigenvalue weighted by atomic mass is 35.5. The second-order valence-corrected chi connectivity index (χ2v) is 8.58. The summed E-state index contributed by atoms with van der Waals surface area (Å²) in [5.41, 5.74) is 2.23. The van der Waals surface area contributed by atoms with Crippen LogP contribution in [0, 0.1) is 0 Å². The van der Waals surface area contributed by atoms with Gasteiger partial charge in [-0.1, -0.05) is 61.2 Å². The van der Waals surface area contributed by atoms with Crippen molar-refractivity contribution >= 4 is 35.0 Å². The number of amides is 3. The molecule has 2 aliphatic rings. The van der Waals surface area contributed by atoms with Gasteiger partial charge in [0.1, 0.15) is 10.7 Å². The van der Waals surface area contributed by atoms with Crippen LogP contribution < -0.4 is 10.6 Å². The Balaban J connectivity index is 1.37. The molecular weight excluding hydrogens is 426 g/mol. The predicted octanol–water partition coefficient (Wildman–Crippen LogP) is 4.22. The molecule has 2 aromatic rings. The minimum Gasteiger partial charge on any atom is -0.350 e. The molecule has 166 valence electrons. The van der Waals surface area contributed by atoms with E-state index in [2.05, 4.69) is 10.6 Å². The van der Waals surface area contributed by atoms with Crippen LogP contribution in [0.4, 0.5) is 5.69 Å². The highest BCUT2D eigenvalue weighted by Crippen LogP contribution is 2.26. The van der Waals surface area contributed by atoms with Gasteiger partial charge in [0.15, 0.2) is 0 Å². The molecular formula is C25H26ClN3O3. The number of nitrogens with one attached hydrogen (secondary N) is 2. The summed E-state index contributed by atoms with van der Waals surface area (Å²) >= 11 is 6.18. The summed E-state index contributed by atoms with van der Waals surface area (Å²) in [4.78, 5) is 38.9. The van der Waals surface area contributed by atoms with Crippen molar-refractivity contribution in [1.82, 2.24) is 10.2 Å². The average Bonchev–Trinajstić information content (AvgIpc) is 3.02. The Morgan fingerprint density at radius 2 is 1.62 bits per heavy atom. The Kier molecular flexibility index (Phi) is 6.90. The molecule has 0 atom stereocenters. The molecule has 1 saturated carbocycles. The lowest BCUT2D eigenvalue weighted by atomic mass is 9.95. The van der Waals surface area contributed by atoms with Crippen molar-refractivity contribution in [2.45, 2.75) is 44.6 Å². The quantitative estimate of drug-likeness (QED) is 0.618. The topological polar surface area (TPSA) is 78.5 Å². The van der Waals surface area contributed by atoms with Gasteiger partial charge in [-0.3, -0.25) is 19.3 Å². The van der Waals surface area contributed by atoms with Crippen LogP contribution >= 0.6 is 11.6 Å². The lowest BCUT2D eigenvalue weighted by molar-refractivity contribution is -0.137. The predicted molar refractivity (Wildman–Crippen MR) is 124 cm³/mol. The van der Waals surface area contributed by atoms with Gasteiger partial charge >= 0.3 is 0 Å². The number of halogens is 1. The van der Waals surface area contributed by atoms with E-state index in [0.717, 1.165) is 36.1 Å². The third-order valence-electron chi connectivity index (χ3n) is 5.94. The van der Waals surface area contributed by atoms with Crippen molar-refractivity contribution in [3.8, 4) is 0 Å². The van der Waals surface area contributed by atoms with E-state index >= 15 is 0 Å². The molecule has 0 spiro atoms. The summed E-state index contributed by atoms with van der Waals surface area (Å²) in [6.45, 7) is 0.253. The molecule has 0 unspecified atom stereocenters. The maximum absolute atomic E-state index is 12.8. The van der Waals surface area contributed by atoms with E-state index in [1.807, 2.05) is 30.3 Å². The average molecular weight is 452 g/mol. The monoisotopic (exact) mass is 451 g/mol. The molecule has 2 aromatic carbocycles. The molecule has 7 heteroatoms. The van der Waals surface area contributed by atoms with E-state index < -0.39 is 11.8 Å². The van der Waals surface area contributed by atoms with Gasteiger partial charge in [0.25, 0.3) is 17.7 Å². The second kappa shape index (κ2) is 10.0. The first-order valence-electron chi connectivity index (χ1n) is 11.0. The van der Waals surface area contributed by atoms with E-state index in [1.165, 1.54) is 6.42 Å². The molecule has 4 rings (SSSR count). The fourth-order valence-electron chi connectivity index (χ4n) is 4.11. The van der Waals surface area contributed by atoms with E-state index in [0.29, 0.717) is 17.7 Å². The van der Waals surface area contributed by atoms with Crippen molar-refractivity contribution in [2.75, 3.05) is 11.9 Å². The fraction of sp³-hybridized carbons (Fsp3) is 0.320. The second-order valence-electron chi connectivity index (χ2n) is 8.20. The first-order chi connectivity index (χ1) is 15.5. The standard InChI is InChI=1S/C25H26ClN3O3/c26-21-22(25(32)29(24(21)31)16-15-17-7-3-1-4-8-17)27-20-13-11-18(12-14-20)23(30)28-19-9-5-2-6-10-19/h1,3-4,7-8,11-14,19,27H,2,5-6,9-10,15-16H2,(H,28,30). The Hall–Kier alpha value is -3.12. The lowest BCUT2D eigenvalue weighted by Gasteiger charge is -2.22. The molecule has 2 N–H and O–H groups in total. The summed E-state index contributed by atoms with van der Waals surface area (Å²) in [6.07, 6.45) is 6.14. The molecule has 0 radical (unpaired) electrons. The highest BCUT2D eigenvalue weighted by Gasteiger charge is 2.37. The van der Waals surface area contributed by atoms with Gasteiger partial charge in [0.2, 0.25) is 0 Å². The van der Waals surface area contributed by atoms with Crippen LogP contribution in [0.5, 0.6) is 0 Å². The lowest BCUT2D eigenvalue weighted by Crippen LogP contribution is -2.36. The molecule has 1 aliphatic heterocycles. The molecule has 0 saturated heterocycles.